The molecule has 208 valence electrons. The van der Waals surface area contributed by atoms with Crippen molar-refractivity contribution in [2.45, 2.75) is 65.2 Å². The number of aromatic hydroxyl groups is 2. The number of unbranched alkanes of at least 4 members (excludes halogenated alkanes) is 7. The van der Waals surface area contributed by atoms with Crippen molar-refractivity contribution in [3.63, 3.8) is 0 Å². The lowest BCUT2D eigenvalue weighted by Gasteiger charge is -2.08. The van der Waals surface area contributed by atoms with Crippen molar-refractivity contribution >= 4 is 34.6 Å². The van der Waals surface area contributed by atoms with E-state index in [1.165, 1.54) is 44.9 Å². The summed E-state index contributed by atoms with van der Waals surface area (Å²) < 4.78 is 5.86. The van der Waals surface area contributed by atoms with Crippen molar-refractivity contribution in [1.82, 2.24) is 0 Å². The number of ether oxygens (including phenoxy) is 1. The number of nitrogens with zero attached hydrogens (tertiary/aromatic N) is 2. The lowest BCUT2D eigenvalue weighted by molar-refractivity contribution is 0.302. The van der Waals surface area contributed by atoms with Gasteiger partial charge < -0.3 is 14.9 Å². The van der Waals surface area contributed by atoms with Crippen molar-refractivity contribution in [1.29, 1.82) is 0 Å². The van der Waals surface area contributed by atoms with Gasteiger partial charge >= 0.3 is 0 Å². The number of aryl methyl sites for hydroxylation is 1. The molecule has 0 amide bonds. The van der Waals surface area contributed by atoms with Crippen molar-refractivity contribution in [3.8, 4) is 17.2 Å². The Kier molecular flexibility index (Phi) is 10.7. The van der Waals surface area contributed by atoms with E-state index in [9.17, 15) is 10.2 Å². The number of rotatable bonds is 14. The standard InChI is InChI=1S/C35H40N2O3/c1-3-4-5-6-7-8-9-12-19-40-31-18-17-30(35(39)23-31)25-37-33-22-28-14-11-10-13-27(28)21-32(33)36-24-29-16-15-26(2)20-34(29)38/h10-11,13-18,20-25,38-39H,3-9,12,19H2,1-2H3. The molecule has 40 heavy (non-hydrogen) atoms. The topological polar surface area (TPSA) is 74.4 Å². The Morgan fingerprint density at radius 3 is 1.77 bits per heavy atom. The Balaban J connectivity index is 1.42. The predicted octanol–water partition coefficient (Wildman–Crippen LogP) is 9.58. The summed E-state index contributed by atoms with van der Waals surface area (Å²) in [5.74, 6) is 0.961. The number of hydrogen-bond acceptors (Lipinski definition) is 5. The summed E-state index contributed by atoms with van der Waals surface area (Å²) in [6.07, 6.45) is 13.3. The van der Waals surface area contributed by atoms with Crippen LogP contribution < -0.4 is 4.74 Å². The van der Waals surface area contributed by atoms with Crippen LogP contribution in [-0.2, 0) is 0 Å². The van der Waals surface area contributed by atoms with Crippen LogP contribution in [0.25, 0.3) is 10.8 Å². The Bertz CT molecular complexity index is 1460. The Morgan fingerprint density at radius 1 is 0.650 bits per heavy atom. The molecule has 0 bridgehead atoms. The molecular formula is C35H40N2O3. The molecule has 0 unspecified atom stereocenters. The fraction of sp³-hybridized carbons (Fsp3) is 0.314. The van der Waals surface area contributed by atoms with E-state index in [1.54, 1.807) is 24.6 Å². The van der Waals surface area contributed by atoms with Gasteiger partial charge in [0.25, 0.3) is 0 Å². The van der Waals surface area contributed by atoms with E-state index in [0.29, 0.717) is 34.9 Å². The van der Waals surface area contributed by atoms with Crippen LogP contribution in [0.15, 0.2) is 82.8 Å². The first kappa shape index (κ1) is 28.9. The molecule has 0 radical (unpaired) electrons. The van der Waals surface area contributed by atoms with Gasteiger partial charge in [0, 0.05) is 29.6 Å². The monoisotopic (exact) mass is 536 g/mol. The van der Waals surface area contributed by atoms with Crippen LogP contribution in [0, 0.1) is 6.92 Å². The molecule has 0 aliphatic carbocycles. The minimum atomic E-state index is 0.118. The third-order valence-electron chi connectivity index (χ3n) is 6.98. The predicted molar refractivity (Wildman–Crippen MR) is 168 cm³/mol. The van der Waals surface area contributed by atoms with Gasteiger partial charge in [0.1, 0.15) is 17.2 Å². The minimum Gasteiger partial charge on any atom is -0.507 e. The summed E-state index contributed by atoms with van der Waals surface area (Å²) in [5, 5.41) is 23.0. The van der Waals surface area contributed by atoms with Gasteiger partial charge in [-0.15, -0.1) is 0 Å². The van der Waals surface area contributed by atoms with Crippen LogP contribution in [0.1, 0.15) is 75.0 Å². The number of hydrogen-bond donors (Lipinski definition) is 2. The highest BCUT2D eigenvalue weighted by Crippen LogP contribution is 2.34. The number of fused-ring (bicyclic) bond motifs is 1. The van der Waals surface area contributed by atoms with Gasteiger partial charge in [0.15, 0.2) is 0 Å². The fourth-order valence-corrected chi connectivity index (χ4v) is 4.61. The molecule has 0 aliphatic rings. The van der Waals surface area contributed by atoms with E-state index >= 15 is 0 Å². The van der Waals surface area contributed by atoms with Crippen molar-refractivity contribution in [2.24, 2.45) is 9.98 Å². The minimum absolute atomic E-state index is 0.118. The van der Waals surface area contributed by atoms with Gasteiger partial charge in [-0.2, -0.15) is 0 Å². The van der Waals surface area contributed by atoms with Gasteiger partial charge in [-0.25, -0.2) is 0 Å². The summed E-state index contributed by atoms with van der Waals surface area (Å²) in [4.78, 5) is 9.34. The Labute approximate surface area is 237 Å². The van der Waals surface area contributed by atoms with Crippen LogP contribution in [0.2, 0.25) is 0 Å². The zero-order valence-electron chi connectivity index (χ0n) is 23.6. The average Bonchev–Trinajstić information content (AvgIpc) is 2.95. The number of phenolic OH excluding ortho intramolecular Hbond substituents is 2. The lowest BCUT2D eigenvalue weighted by atomic mass is 10.1. The normalized spacial score (nSPS) is 11.7. The summed E-state index contributed by atoms with van der Waals surface area (Å²) in [6, 6.07) is 22.8. The summed E-state index contributed by atoms with van der Waals surface area (Å²) in [6.45, 7) is 4.83. The summed E-state index contributed by atoms with van der Waals surface area (Å²) in [7, 11) is 0. The first-order valence-electron chi connectivity index (χ1n) is 14.4. The number of aliphatic imine (C=N–C) groups is 2. The van der Waals surface area contributed by atoms with Crippen LogP contribution >= 0.6 is 0 Å². The quantitative estimate of drug-likeness (QED) is 0.124. The van der Waals surface area contributed by atoms with Gasteiger partial charge in [-0.05, 0) is 66.1 Å². The van der Waals surface area contributed by atoms with Crippen molar-refractivity contribution in [2.75, 3.05) is 6.61 Å². The maximum absolute atomic E-state index is 10.6. The summed E-state index contributed by atoms with van der Waals surface area (Å²) >= 11 is 0. The third kappa shape index (κ3) is 8.44. The molecule has 0 aliphatic heterocycles. The van der Waals surface area contributed by atoms with Crippen molar-refractivity contribution in [3.05, 3.63) is 89.5 Å². The smallest absolute Gasteiger partial charge is 0.128 e. The van der Waals surface area contributed by atoms with E-state index in [4.69, 9.17) is 4.74 Å². The molecule has 0 fully saturated rings. The molecule has 0 saturated carbocycles. The first-order valence-corrected chi connectivity index (χ1v) is 14.4. The zero-order chi connectivity index (χ0) is 28.2. The number of phenols is 2. The van der Waals surface area contributed by atoms with Gasteiger partial charge in [0.2, 0.25) is 0 Å². The summed E-state index contributed by atoms with van der Waals surface area (Å²) in [5.41, 5.74) is 3.54. The molecule has 4 rings (SSSR count). The highest BCUT2D eigenvalue weighted by Gasteiger charge is 2.06. The maximum Gasteiger partial charge on any atom is 0.128 e. The maximum atomic E-state index is 10.6. The third-order valence-corrected chi connectivity index (χ3v) is 6.98. The molecule has 2 N–H and O–H groups in total. The largest absolute Gasteiger partial charge is 0.507 e. The molecular weight excluding hydrogens is 496 g/mol. The molecule has 0 saturated heterocycles. The molecule has 0 spiro atoms. The Morgan fingerprint density at radius 2 is 1.20 bits per heavy atom. The van der Waals surface area contributed by atoms with E-state index in [1.807, 2.05) is 67.6 Å². The van der Waals surface area contributed by atoms with Gasteiger partial charge in [0.05, 0.1) is 18.0 Å². The molecule has 0 aromatic heterocycles. The molecule has 0 atom stereocenters. The molecule has 0 heterocycles. The molecule has 5 heteroatoms. The van der Waals surface area contributed by atoms with E-state index in [0.717, 1.165) is 22.8 Å². The van der Waals surface area contributed by atoms with Crippen LogP contribution in [0.4, 0.5) is 11.4 Å². The fourth-order valence-electron chi connectivity index (χ4n) is 4.61. The average molecular weight is 537 g/mol. The van der Waals surface area contributed by atoms with Crippen LogP contribution in [0.5, 0.6) is 17.2 Å². The Hall–Kier alpha value is -4.12. The van der Waals surface area contributed by atoms with Crippen molar-refractivity contribution < 1.29 is 14.9 Å². The van der Waals surface area contributed by atoms with Crippen LogP contribution in [-0.4, -0.2) is 29.2 Å². The second kappa shape index (κ2) is 14.9. The first-order chi connectivity index (χ1) is 19.5. The SMILES string of the molecule is CCCCCCCCCCOc1ccc(C=Nc2cc3ccccc3cc2N=Cc2ccc(C)cc2O)c(O)c1. The van der Waals surface area contributed by atoms with E-state index in [-0.39, 0.29) is 11.5 Å². The second-order valence-electron chi connectivity index (χ2n) is 10.3. The van der Waals surface area contributed by atoms with Crippen LogP contribution in [0.3, 0.4) is 0 Å². The molecule has 4 aromatic rings. The highest BCUT2D eigenvalue weighted by molar-refractivity contribution is 5.95. The molecule has 5 nitrogen and oxygen atoms in total. The highest BCUT2D eigenvalue weighted by atomic mass is 16.5. The van der Waals surface area contributed by atoms with Gasteiger partial charge in [-0.3, -0.25) is 9.98 Å². The van der Waals surface area contributed by atoms with E-state index in [2.05, 4.69) is 16.9 Å². The number of benzene rings is 4. The van der Waals surface area contributed by atoms with E-state index < -0.39 is 0 Å². The second-order valence-corrected chi connectivity index (χ2v) is 10.3. The molecule has 4 aromatic carbocycles. The lowest BCUT2D eigenvalue weighted by Crippen LogP contribution is -1.97. The van der Waals surface area contributed by atoms with Gasteiger partial charge in [-0.1, -0.05) is 82.2 Å². The zero-order valence-corrected chi connectivity index (χ0v) is 23.6.